The van der Waals surface area contributed by atoms with E-state index >= 15 is 0 Å². The Morgan fingerprint density at radius 2 is 2.21 bits per heavy atom. The van der Waals surface area contributed by atoms with Crippen molar-refractivity contribution in [3.8, 4) is 0 Å². The number of likely N-dealkylation sites (N-methyl/N-ethyl adjacent to an activating group) is 1. The first-order chi connectivity index (χ1) is 13.8. The van der Waals surface area contributed by atoms with Gasteiger partial charge in [0.1, 0.15) is 17.6 Å². The molecular weight excluding hydrogens is 401 g/mol. The van der Waals surface area contributed by atoms with Crippen LogP contribution in [0.15, 0.2) is 45.7 Å². The molecule has 2 saturated heterocycles. The maximum Gasteiger partial charge on any atom is 0.274 e. The van der Waals surface area contributed by atoms with E-state index in [4.69, 9.17) is 11.6 Å². The second-order valence-electron chi connectivity index (χ2n) is 7.64. The zero-order chi connectivity index (χ0) is 20.9. The Morgan fingerprint density at radius 3 is 2.93 bits per heavy atom. The van der Waals surface area contributed by atoms with E-state index < -0.39 is 29.5 Å². The molecule has 1 aliphatic carbocycles. The van der Waals surface area contributed by atoms with Crippen LogP contribution >= 0.6 is 11.6 Å². The van der Waals surface area contributed by atoms with Crippen LogP contribution in [0, 0.1) is 5.92 Å². The third kappa shape index (κ3) is 3.14. The largest absolute Gasteiger partial charge is 0.507 e. The first-order valence-electron chi connectivity index (χ1n) is 9.77. The van der Waals surface area contributed by atoms with Crippen molar-refractivity contribution in [3.63, 3.8) is 0 Å². The summed E-state index contributed by atoms with van der Waals surface area (Å²) >= 11 is 5.81. The lowest BCUT2D eigenvalue weighted by molar-refractivity contribution is -0.133. The molecule has 0 spiro atoms. The molecule has 29 heavy (non-hydrogen) atoms. The zero-order valence-electron chi connectivity index (χ0n) is 16.0. The van der Waals surface area contributed by atoms with E-state index in [-0.39, 0.29) is 34.8 Å². The Labute approximate surface area is 172 Å². The summed E-state index contributed by atoms with van der Waals surface area (Å²) in [6.45, 7) is 2.87. The number of amides is 2. The van der Waals surface area contributed by atoms with Crippen LogP contribution in [0.25, 0.3) is 0 Å². The van der Waals surface area contributed by atoms with E-state index in [0.717, 1.165) is 0 Å². The van der Waals surface area contributed by atoms with Crippen LogP contribution in [0.3, 0.4) is 0 Å². The third-order valence-corrected chi connectivity index (χ3v) is 6.33. The highest BCUT2D eigenvalue weighted by Crippen LogP contribution is 2.43. The molecule has 3 heterocycles. The zero-order valence-corrected chi connectivity index (χ0v) is 16.7. The number of nitrogens with zero attached hydrogens (tertiary/aromatic N) is 2. The number of aliphatic hydroxyl groups is 2. The van der Waals surface area contributed by atoms with Crippen LogP contribution in [0.1, 0.15) is 26.2 Å². The minimum atomic E-state index is -1.59. The van der Waals surface area contributed by atoms with Gasteiger partial charge in [0.25, 0.3) is 11.8 Å². The van der Waals surface area contributed by atoms with E-state index in [0.29, 0.717) is 38.0 Å². The van der Waals surface area contributed by atoms with Crippen LogP contribution in [-0.4, -0.2) is 63.6 Å². The smallest absolute Gasteiger partial charge is 0.274 e. The van der Waals surface area contributed by atoms with Crippen LogP contribution in [-0.2, 0) is 9.59 Å². The minimum absolute atomic E-state index is 0.0119. The number of carbonyl (C=O) groups excluding carboxylic acids is 2. The molecule has 2 fully saturated rings. The quantitative estimate of drug-likeness (QED) is 0.641. The number of hydrogen-bond acceptors (Lipinski definition) is 5. The number of allylic oxidation sites excluding steroid dienone is 4. The molecule has 3 atom stereocenters. The number of piperazine rings is 1. The average molecular weight is 424 g/mol. The van der Waals surface area contributed by atoms with E-state index in [1.165, 1.54) is 6.08 Å². The molecule has 0 aromatic heterocycles. The predicted octanol–water partition coefficient (Wildman–Crippen LogP) is 1.82. The van der Waals surface area contributed by atoms with Gasteiger partial charge >= 0.3 is 0 Å². The van der Waals surface area contributed by atoms with Gasteiger partial charge in [-0.1, -0.05) is 17.7 Å². The molecule has 2 unspecified atom stereocenters. The number of nitrogens with one attached hydrogen (secondary N) is 1. The van der Waals surface area contributed by atoms with Crippen molar-refractivity contribution in [2.24, 2.45) is 5.92 Å². The number of halogens is 2. The molecule has 3 N–H and O–H groups in total. The van der Waals surface area contributed by atoms with E-state index in [2.05, 4.69) is 5.32 Å². The van der Waals surface area contributed by atoms with Gasteiger partial charge in [-0.2, -0.15) is 0 Å². The number of hydrogen-bond donors (Lipinski definition) is 3. The van der Waals surface area contributed by atoms with Crippen LogP contribution in [0.5, 0.6) is 0 Å². The molecule has 0 radical (unpaired) electrons. The highest BCUT2D eigenvalue weighted by atomic mass is 35.5. The van der Waals surface area contributed by atoms with Crippen molar-refractivity contribution in [1.82, 2.24) is 15.1 Å². The Hall–Kier alpha value is -2.32. The molecule has 9 heteroatoms. The van der Waals surface area contributed by atoms with Crippen LogP contribution in [0.4, 0.5) is 4.39 Å². The second kappa shape index (κ2) is 7.50. The Morgan fingerprint density at radius 1 is 1.45 bits per heavy atom. The fourth-order valence-corrected chi connectivity index (χ4v) is 4.74. The summed E-state index contributed by atoms with van der Waals surface area (Å²) in [5.74, 6) is -2.50. The van der Waals surface area contributed by atoms with E-state index in [1.807, 2.05) is 6.92 Å². The van der Waals surface area contributed by atoms with Crippen molar-refractivity contribution in [3.05, 3.63) is 45.7 Å². The average Bonchev–Trinajstić information content (AvgIpc) is 3.11. The third-order valence-electron chi connectivity index (χ3n) is 6.02. The lowest BCUT2D eigenvalue weighted by atomic mass is 9.95. The van der Waals surface area contributed by atoms with Crippen molar-refractivity contribution < 1.29 is 24.2 Å². The number of rotatable bonds is 4. The minimum Gasteiger partial charge on any atom is -0.507 e. The van der Waals surface area contributed by atoms with Gasteiger partial charge in [0.2, 0.25) is 0 Å². The highest BCUT2D eigenvalue weighted by Gasteiger charge is 2.49. The Bertz CT molecular complexity index is 894. The molecule has 156 valence electrons. The fourth-order valence-electron chi connectivity index (χ4n) is 4.50. The van der Waals surface area contributed by atoms with Crippen molar-refractivity contribution >= 4 is 23.4 Å². The molecule has 0 aromatic rings. The molecule has 4 rings (SSSR count). The van der Waals surface area contributed by atoms with Crippen LogP contribution in [0.2, 0.25) is 0 Å². The van der Waals surface area contributed by atoms with E-state index in [9.17, 15) is 24.2 Å². The summed E-state index contributed by atoms with van der Waals surface area (Å²) in [6.07, 6.45) is 3.26. The standard InChI is InChI=1S/C20H23ClFN3O4/c1-2-24-9-11-6-7-13-14(17(26)18(27)16(20(24)29)25(11)13)19(28)23-8-10-4-3-5-12(21)15(10)22/h3,5,10-11,17,26-27H,2,4,6-9H2,1H3,(H,23,28)/t10?,11-,17?/m0/s1. The topological polar surface area (TPSA) is 93.1 Å². The van der Waals surface area contributed by atoms with Gasteiger partial charge in [0.05, 0.1) is 16.6 Å². The molecule has 0 bridgehead atoms. The normalized spacial score (nSPS) is 29.1. The van der Waals surface area contributed by atoms with Gasteiger partial charge < -0.3 is 25.3 Å². The number of aliphatic hydroxyl groups excluding tert-OH is 2. The maximum absolute atomic E-state index is 14.1. The maximum atomic E-state index is 14.1. The first-order valence-corrected chi connectivity index (χ1v) is 10.2. The summed E-state index contributed by atoms with van der Waals surface area (Å²) in [5, 5.41) is 23.9. The predicted molar refractivity (Wildman–Crippen MR) is 104 cm³/mol. The summed E-state index contributed by atoms with van der Waals surface area (Å²) in [5.41, 5.74) is 0.626. The molecule has 4 aliphatic rings. The molecule has 3 aliphatic heterocycles. The van der Waals surface area contributed by atoms with Gasteiger partial charge in [0.15, 0.2) is 5.76 Å². The lowest BCUT2D eigenvalue weighted by Gasteiger charge is -2.43. The molecule has 2 amide bonds. The summed E-state index contributed by atoms with van der Waals surface area (Å²) in [6, 6.07) is -0.0437. The molecular formula is C20H23ClFN3O4. The highest BCUT2D eigenvalue weighted by molar-refractivity contribution is 6.31. The van der Waals surface area contributed by atoms with Gasteiger partial charge in [-0.25, -0.2) is 4.39 Å². The second-order valence-corrected chi connectivity index (χ2v) is 8.05. The fraction of sp³-hybridized carbons (Fsp3) is 0.500. The molecule has 0 aromatic carbocycles. The van der Waals surface area contributed by atoms with E-state index in [1.54, 1.807) is 15.9 Å². The summed E-state index contributed by atoms with van der Waals surface area (Å²) < 4.78 is 14.1. The van der Waals surface area contributed by atoms with Gasteiger partial charge in [-0.15, -0.1) is 0 Å². The van der Waals surface area contributed by atoms with Gasteiger partial charge in [0, 0.05) is 31.2 Å². The van der Waals surface area contributed by atoms with Crippen molar-refractivity contribution in [2.45, 2.75) is 38.3 Å². The SMILES string of the molecule is CCN1C[C@@H]2CCC3=C(C(=O)NCC4CC=CC(Cl)=C4F)C(O)C(O)=C(C1=O)N32. The van der Waals surface area contributed by atoms with Gasteiger partial charge in [-0.05, 0) is 32.3 Å². The van der Waals surface area contributed by atoms with Gasteiger partial charge in [-0.3, -0.25) is 9.59 Å². The van der Waals surface area contributed by atoms with Crippen molar-refractivity contribution in [1.29, 1.82) is 0 Å². The van der Waals surface area contributed by atoms with Crippen molar-refractivity contribution in [2.75, 3.05) is 19.6 Å². The summed E-state index contributed by atoms with van der Waals surface area (Å²) in [7, 11) is 0. The lowest BCUT2D eigenvalue weighted by Crippen LogP contribution is -2.54. The Kier molecular flexibility index (Phi) is 5.16. The monoisotopic (exact) mass is 423 g/mol. The summed E-state index contributed by atoms with van der Waals surface area (Å²) in [4.78, 5) is 28.9. The number of carbonyl (C=O) groups is 2. The first kappa shape index (κ1) is 20.0. The van der Waals surface area contributed by atoms with Crippen LogP contribution < -0.4 is 5.32 Å². The Balaban J connectivity index is 1.58. The molecule has 7 nitrogen and oxygen atoms in total. The molecule has 0 saturated carbocycles.